The molecular weight excluding hydrogens is 338 g/mol. The fourth-order valence-corrected chi connectivity index (χ4v) is 4.97. The Balaban J connectivity index is 1.37. The lowest BCUT2D eigenvalue weighted by atomic mass is 10.1. The number of benzene rings is 1. The zero-order valence-electron chi connectivity index (χ0n) is 16.6. The van der Waals surface area contributed by atoms with E-state index in [1.54, 1.807) is 0 Å². The molecule has 1 aromatic carbocycles. The van der Waals surface area contributed by atoms with Crippen LogP contribution in [-0.2, 0) is 9.59 Å². The van der Waals surface area contributed by atoms with Crippen molar-refractivity contribution in [3.63, 3.8) is 0 Å². The third-order valence-corrected chi connectivity index (χ3v) is 6.81. The van der Waals surface area contributed by atoms with Gasteiger partial charge in [-0.3, -0.25) is 14.5 Å². The average Bonchev–Trinajstić information content (AvgIpc) is 3.34. The zero-order valence-corrected chi connectivity index (χ0v) is 16.6. The SMILES string of the molecule is Cc1cccc(N2CC(C(=O)N3CCN(C4CCCC4)CC3)CC2=O)c1C. The first-order chi connectivity index (χ1) is 13.0. The number of hydrogen-bond acceptors (Lipinski definition) is 3. The lowest BCUT2D eigenvalue weighted by Gasteiger charge is -2.38. The Morgan fingerprint density at radius 3 is 2.44 bits per heavy atom. The summed E-state index contributed by atoms with van der Waals surface area (Å²) in [7, 11) is 0. The van der Waals surface area contributed by atoms with Crippen molar-refractivity contribution in [1.82, 2.24) is 9.80 Å². The summed E-state index contributed by atoms with van der Waals surface area (Å²) in [6.07, 6.45) is 5.67. The molecule has 2 saturated heterocycles. The second-order valence-corrected chi connectivity index (χ2v) is 8.42. The van der Waals surface area contributed by atoms with Crippen LogP contribution in [0.2, 0.25) is 0 Å². The van der Waals surface area contributed by atoms with Crippen molar-refractivity contribution in [2.45, 2.75) is 52.0 Å². The normalized spacial score (nSPS) is 24.8. The minimum Gasteiger partial charge on any atom is -0.340 e. The van der Waals surface area contributed by atoms with Crippen LogP contribution in [0.1, 0.15) is 43.2 Å². The van der Waals surface area contributed by atoms with Crippen LogP contribution >= 0.6 is 0 Å². The summed E-state index contributed by atoms with van der Waals surface area (Å²) in [6.45, 7) is 8.22. The summed E-state index contributed by atoms with van der Waals surface area (Å²) in [5, 5.41) is 0. The molecule has 3 aliphatic rings. The predicted octanol–water partition coefficient (Wildman–Crippen LogP) is 2.74. The Hall–Kier alpha value is -1.88. The number of hydrogen-bond donors (Lipinski definition) is 0. The van der Waals surface area contributed by atoms with Gasteiger partial charge in [-0.2, -0.15) is 0 Å². The van der Waals surface area contributed by atoms with Gasteiger partial charge in [-0.1, -0.05) is 25.0 Å². The Bertz CT molecular complexity index is 718. The molecule has 2 amide bonds. The van der Waals surface area contributed by atoms with Gasteiger partial charge in [0.2, 0.25) is 11.8 Å². The molecule has 3 fully saturated rings. The first kappa shape index (κ1) is 18.5. The molecule has 1 unspecified atom stereocenters. The van der Waals surface area contributed by atoms with E-state index in [2.05, 4.69) is 24.8 Å². The van der Waals surface area contributed by atoms with E-state index in [4.69, 9.17) is 0 Å². The van der Waals surface area contributed by atoms with Gasteiger partial charge in [-0.05, 0) is 43.9 Å². The third-order valence-electron chi connectivity index (χ3n) is 6.81. The lowest BCUT2D eigenvalue weighted by Crippen LogP contribution is -2.52. The van der Waals surface area contributed by atoms with Gasteiger partial charge in [0.15, 0.2) is 0 Å². The van der Waals surface area contributed by atoms with Crippen molar-refractivity contribution >= 4 is 17.5 Å². The predicted molar refractivity (Wildman–Crippen MR) is 107 cm³/mol. The molecule has 4 rings (SSSR count). The van der Waals surface area contributed by atoms with E-state index in [-0.39, 0.29) is 17.7 Å². The number of anilines is 1. The van der Waals surface area contributed by atoms with Gasteiger partial charge in [0, 0.05) is 50.9 Å². The molecule has 0 radical (unpaired) electrons. The summed E-state index contributed by atoms with van der Waals surface area (Å²) in [5.74, 6) is 0.0457. The molecule has 1 saturated carbocycles. The number of rotatable bonds is 3. The van der Waals surface area contributed by atoms with Gasteiger partial charge in [-0.15, -0.1) is 0 Å². The Morgan fingerprint density at radius 2 is 1.74 bits per heavy atom. The quantitative estimate of drug-likeness (QED) is 0.823. The second kappa shape index (κ2) is 7.63. The summed E-state index contributed by atoms with van der Waals surface area (Å²) >= 11 is 0. The maximum atomic E-state index is 13.0. The van der Waals surface area contributed by atoms with Crippen molar-refractivity contribution in [2.24, 2.45) is 5.92 Å². The smallest absolute Gasteiger partial charge is 0.228 e. The number of carbonyl (C=O) groups excluding carboxylic acids is 2. The van der Waals surface area contributed by atoms with Crippen molar-refractivity contribution < 1.29 is 9.59 Å². The van der Waals surface area contributed by atoms with Gasteiger partial charge >= 0.3 is 0 Å². The third kappa shape index (κ3) is 3.62. The number of nitrogens with zero attached hydrogens (tertiary/aromatic N) is 3. The van der Waals surface area contributed by atoms with Crippen LogP contribution in [0.4, 0.5) is 5.69 Å². The van der Waals surface area contributed by atoms with Crippen LogP contribution in [0.25, 0.3) is 0 Å². The molecule has 5 heteroatoms. The highest BCUT2D eigenvalue weighted by Gasteiger charge is 2.39. The number of piperazine rings is 1. The summed E-state index contributed by atoms with van der Waals surface area (Å²) in [6, 6.07) is 6.77. The Morgan fingerprint density at radius 1 is 1.04 bits per heavy atom. The minimum atomic E-state index is -0.199. The standard InChI is InChI=1S/C22H31N3O2/c1-16-6-5-9-20(17(16)2)25-15-18(14-21(25)26)22(27)24-12-10-23(11-13-24)19-7-3-4-8-19/h5-6,9,18-19H,3-4,7-8,10-15H2,1-2H3. The molecule has 2 heterocycles. The van der Waals surface area contributed by atoms with Gasteiger partial charge in [0.05, 0.1) is 5.92 Å². The van der Waals surface area contributed by atoms with Gasteiger partial charge in [-0.25, -0.2) is 0 Å². The van der Waals surface area contributed by atoms with E-state index >= 15 is 0 Å². The van der Waals surface area contributed by atoms with Gasteiger partial charge in [0.1, 0.15) is 0 Å². The first-order valence-corrected chi connectivity index (χ1v) is 10.4. The molecule has 0 spiro atoms. The van der Waals surface area contributed by atoms with Crippen LogP contribution in [-0.4, -0.2) is 60.4 Å². The van der Waals surface area contributed by atoms with E-state index in [0.717, 1.165) is 43.5 Å². The lowest BCUT2D eigenvalue weighted by molar-refractivity contribution is -0.137. The molecular formula is C22H31N3O2. The molecule has 0 N–H and O–H groups in total. The number of carbonyl (C=O) groups is 2. The summed E-state index contributed by atoms with van der Waals surface area (Å²) in [5.41, 5.74) is 3.27. The Labute approximate surface area is 162 Å². The van der Waals surface area contributed by atoms with E-state index < -0.39 is 0 Å². The molecule has 27 heavy (non-hydrogen) atoms. The average molecular weight is 370 g/mol. The van der Waals surface area contributed by atoms with E-state index in [0.29, 0.717) is 13.0 Å². The van der Waals surface area contributed by atoms with Crippen molar-refractivity contribution in [2.75, 3.05) is 37.6 Å². The molecule has 146 valence electrons. The monoisotopic (exact) mass is 369 g/mol. The highest BCUT2D eigenvalue weighted by Crippen LogP contribution is 2.31. The van der Waals surface area contributed by atoms with Gasteiger partial charge in [0.25, 0.3) is 0 Å². The first-order valence-electron chi connectivity index (χ1n) is 10.4. The maximum absolute atomic E-state index is 13.0. The van der Waals surface area contributed by atoms with Gasteiger partial charge < -0.3 is 9.80 Å². The van der Waals surface area contributed by atoms with Crippen LogP contribution in [0.3, 0.4) is 0 Å². The molecule has 1 aromatic rings. The number of aryl methyl sites for hydroxylation is 1. The van der Waals surface area contributed by atoms with Crippen LogP contribution in [0.5, 0.6) is 0 Å². The molecule has 2 aliphatic heterocycles. The maximum Gasteiger partial charge on any atom is 0.228 e. The topological polar surface area (TPSA) is 43.9 Å². The molecule has 0 bridgehead atoms. The van der Waals surface area contributed by atoms with Crippen molar-refractivity contribution in [1.29, 1.82) is 0 Å². The van der Waals surface area contributed by atoms with Crippen LogP contribution < -0.4 is 4.90 Å². The summed E-state index contributed by atoms with van der Waals surface area (Å²) in [4.78, 5) is 32.0. The Kier molecular flexibility index (Phi) is 5.22. The molecule has 1 atom stereocenters. The van der Waals surface area contributed by atoms with Crippen molar-refractivity contribution in [3.05, 3.63) is 29.3 Å². The fraction of sp³-hybridized carbons (Fsp3) is 0.636. The van der Waals surface area contributed by atoms with Crippen LogP contribution in [0, 0.1) is 19.8 Å². The highest BCUT2D eigenvalue weighted by atomic mass is 16.2. The van der Waals surface area contributed by atoms with E-state index in [1.807, 2.05) is 21.9 Å². The second-order valence-electron chi connectivity index (χ2n) is 8.42. The minimum absolute atomic E-state index is 0.0756. The number of amides is 2. The van der Waals surface area contributed by atoms with Crippen LogP contribution in [0.15, 0.2) is 18.2 Å². The molecule has 5 nitrogen and oxygen atoms in total. The summed E-state index contributed by atoms with van der Waals surface area (Å²) < 4.78 is 0. The highest BCUT2D eigenvalue weighted by molar-refractivity contribution is 6.01. The fourth-order valence-electron chi connectivity index (χ4n) is 4.97. The largest absolute Gasteiger partial charge is 0.340 e. The van der Waals surface area contributed by atoms with Crippen molar-refractivity contribution in [3.8, 4) is 0 Å². The zero-order chi connectivity index (χ0) is 19.0. The van der Waals surface area contributed by atoms with E-state index in [1.165, 1.54) is 31.2 Å². The van der Waals surface area contributed by atoms with E-state index in [9.17, 15) is 9.59 Å². The molecule has 1 aliphatic carbocycles. The molecule has 0 aromatic heterocycles.